The number of hydrogen-bond acceptors (Lipinski definition) is 3. The van der Waals surface area contributed by atoms with Gasteiger partial charge in [0, 0.05) is 37.4 Å². The number of aryl methyl sites for hydroxylation is 1. The molecular formula is C20H21F2N3O2. The molecule has 0 bridgehead atoms. The van der Waals surface area contributed by atoms with Gasteiger partial charge >= 0.3 is 0 Å². The third-order valence-electron chi connectivity index (χ3n) is 4.58. The van der Waals surface area contributed by atoms with Crippen LogP contribution in [0.4, 0.5) is 14.5 Å². The summed E-state index contributed by atoms with van der Waals surface area (Å²) in [6.07, 6.45) is 0. The van der Waals surface area contributed by atoms with Crippen molar-refractivity contribution < 1.29 is 18.4 Å². The fourth-order valence-corrected chi connectivity index (χ4v) is 3.05. The molecule has 0 unspecified atom stereocenters. The molecule has 1 aliphatic rings. The van der Waals surface area contributed by atoms with Crippen LogP contribution in [0.2, 0.25) is 0 Å². The molecule has 1 saturated heterocycles. The first kappa shape index (κ1) is 18.8. The summed E-state index contributed by atoms with van der Waals surface area (Å²) in [6.45, 7) is 4.42. The van der Waals surface area contributed by atoms with Crippen LogP contribution in [-0.4, -0.2) is 49.4 Å². The Morgan fingerprint density at radius 1 is 1.00 bits per heavy atom. The Balaban J connectivity index is 1.49. The van der Waals surface area contributed by atoms with E-state index in [1.807, 2.05) is 25.1 Å². The van der Waals surface area contributed by atoms with Gasteiger partial charge in [-0.1, -0.05) is 12.1 Å². The van der Waals surface area contributed by atoms with E-state index in [0.29, 0.717) is 26.2 Å². The molecule has 1 aliphatic heterocycles. The Hall–Kier alpha value is -2.96. The minimum Gasteiger partial charge on any atom is -0.368 e. The Morgan fingerprint density at radius 2 is 1.74 bits per heavy atom. The maximum absolute atomic E-state index is 13.2. The standard InChI is InChI=1S/C20H21F2N3O2/c1-14-3-2-4-16(11-14)24-7-9-25(10-8-24)19(26)13-23-20(27)15-5-6-17(21)18(22)12-15/h2-6,11-12H,7-10,13H2,1H3,(H,23,27). The van der Waals surface area contributed by atoms with Crippen LogP contribution in [0.3, 0.4) is 0 Å². The Labute approximate surface area is 156 Å². The van der Waals surface area contributed by atoms with E-state index >= 15 is 0 Å². The maximum atomic E-state index is 13.2. The van der Waals surface area contributed by atoms with Gasteiger partial charge in [0.05, 0.1) is 6.54 Å². The number of amides is 2. The van der Waals surface area contributed by atoms with Crippen molar-refractivity contribution in [1.82, 2.24) is 10.2 Å². The van der Waals surface area contributed by atoms with Crippen molar-refractivity contribution >= 4 is 17.5 Å². The molecule has 0 radical (unpaired) electrons. The van der Waals surface area contributed by atoms with E-state index in [1.54, 1.807) is 4.90 Å². The normalized spacial score (nSPS) is 14.2. The van der Waals surface area contributed by atoms with Crippen LogP contribution in [-0.2, 0) is 4.79 Å². The number of piperazine rings is 1. The van der Waals surface area contributed by atoms with Crippen LogP contribution in [0.5, 0.6) is 0 Å². The predicted octanol–water partition coefficient (Wildman–Crippen LogP) is 2.35. The van der Waals surface area contributed by atoms with Crippen molar-refractivity contribution in [2.24, 2.45) is 0 Å². The number of carbonyl (C=O) groups is 2. The number of hydrogen-bond donors (Lipinski definition) is 1. The number of carbonyl (C=O) groups excluding carboxylic acids is 2. The Bertz CT molecular complexity index is 849. The Kier molecular flexibility index (Phi) is 5.69. The molecule has 1 N–H and O–H groups in total. The number of anilines is 1. The van der Waals surface area contributed by atoms with Gasteiger partial charge in [-0.25, -0.2) is 8.78 Å². The van der Waals surface area contributed by atoms with Gasteiger partial charge in [-0.15, -0.1) is 0 Å². The monoisotopic (exact) mass is 373 g/mol. The maximum Gasteiger partial charge on any atom is 0.251 e. The highest BCUT2D eigenvalue weighted by Gasteiger charge is 2.22. The van der Waals surface area contributed by atoms with E-state index in [1.165, 1.54) is 11.6 Å². The second-order valence-corrected chi connectivity index (χ2v) is 6.52. The van der Waals surface area contributed by atoms with Gasteiger partial charge in [-0.05, 0) is 42.8 Å². The van der Waals surface area contributed by atoms with Crippen molar-refractivity contribution in [3.8, 4) is 0 Å². The second-order valence-electron chi connectivity index (χ2n) is 6.52. The first-order chi connectivity index (χ1) is 12.9. The third kappa shape index (κ3) is 4.61. The fourth-order valence-electron chi connectivity index (χ4n) is 3.05. The van der Waals surface area contributed by atoms with Crippen molar-refractivity contribution in [3.63, 3.8) is 0 Å². The molecule has 0 spiro atoms. The van der Waals surface area contributed by atoms with Crippen LogP contribution in [0, 0.1) is 18.6 Å². The number of nitrogens with zero attached hydrogens (tertiary/aromatic N) is 2. The fraction of sp³-hybridized carbons (Fsp3) is 0.300. The molecule has 7 heteroatoms. The number of halogens is 2. The minimum atomic E-state index is -1.10. The molecular weight excluding hydrogens is 352 g/mol. The predicted molar refractivity (Wildman–Crippen MR) is 98.7 cm³/mol. The summed E-state index contributed by atoms with van der Waals surface area (Å²) in [6, 6.07) is 11.1. The van der Waals surface area contributed by atoms with Crippen molar-refractivity contribution in [2.45, 2.75) is 6.92 Å². The van der Waals surface area contributed by atoms with Crippen LogP contribution >= 0.6 is 0 Å². The summed E-state index contributed by atoms with van der Waals surface area (Å²) in [5, 5.41) is 2.46. The number of nitrogens with one attached hydrogen (secondary N) is 1. The molecule has 2 aromatic rings. The first-order valence-corrected chi connectivity index (χ1v) is 8.76. The lowest BCUT2D eigenvalue weighted by Crippen LogP contribution is -2.51. The lowest BCUT2D eigenvalue weighted by atomic mass is 10.2. The SMILES string of the molecule is Cc1cccc(N2CCN(C(=O)CNC(=O)c3ccc(F)c(F)c3)CC2)c1. The van der Waals surface area contributed by atoms with Gasteiger partial charge < -0.3 is 15.1 Å². The number of rotatable bonds is 4. The summed E-state index contributed by atoms with van der Waals surface area (Å²) >= 11 is 0. The van der Waals surface area contributed by atoms with E-state index in [4.69, 9.17) is 0 Å². The molecule has 142 valence electrons. The smallest absolute Gasteiger partial charge is 0.251 e. The first-order valence-electron chi connectivity index (χ1n) is 8.76. The molecule has 0 atom stereocenters. The molecule has 5 nitrogen and oxygen atoms in total. The molecule has 0 aromatic heterocycles. The van der Waals surface area contributed by atoms with Crippen LogP contribution in [0.1, 0.15) is 15.9 Å². The topological polar surface area (TPSA) is 52.6 Å². The lowest BCUT2D eigenvalue weighted by molar-refractivity contribution is -0.130. The lowest BCUT2D eigenvalue weighted by Gasteiger charge is -2.36. The minimum absolute atomic E-state index is 0.0223. The van der Waals surface area contributed by atoms with E-state index in [0.717, 1.165) is 17.8 Å². The molecule has 0 saturated carbocycles. The van der Waals surface area contributed by atoms with Crippen LogP contribution in [0.25, 0.3) is 0 Å². The molecule has 2 amide bonds. The molecule has 0 aliphatic carbocycles. The average molecular weight is 373 g/mol. The van der Waals surface area contributed by atoms with Crippen molar-refractivity contribution in [3.05, 3.63) is 65.2 Å². The zero-order valence-electron chi connectivity index (χ0n) is 15.0. The van der Waals surface area contributed by atoms with E-state index in [9.17, 15) is 18.4 Å². The molecule has 27 heavy (non-hydrogen) atoms. The van der Waals surface area contributed by atoms with Crippen molar-refractivity contribution in [1.29, 1.82) is 0 Å². The summed E-state index contributed by atoms with van der Waals surface area (Å²) in [7, 11) is 0. The van der Waals surface area contributed by atoms with Gasteiger partial charge in [0.1, 0.15) is 0 Å². The van der Waals surface area contributed by atoms with Crippen LogP contribution in [0.15, 0.2) is 42.5 Å². The van der Waals surface area contributed by atoms with E-state index < -0.39 is 17.5 Å². The summed E-state index contributed by atoms with van der Waals surface area (Å²) < 4.78 is 26.1. The molecule has 1 heterocycles. The van der Waals surface area contributed by atoms with Gasteiger partial charge in [0.15, 0.2) is 11.6 Å². The van der Waals surface area contributed by atoms with Crippen molar-refractivity contribution in [2.75, 3.05) is 37.6 Å². The Morgan fingerprint density at radius 3 is 2.41 bits per heavy atom. The zero-order chi connectivity index (χ0) is 19.4. The molecule has 1 fully saturated rings. The van der Waals surface area contributed by atoms with Gasteiger partial charge in [0.25, 0.3) is 5.91 Å². The van der Waals surface area contributed by atoms with E-state index in [2.05, 4.69) is 16.3 Å². The largest absolute Gasteiger partial charge is 0.368 e. The van der Waals surface area contributed by atoms with Gasteiger partial charge in [-0.3, -0.25) is 9.59 Å². The van der Waals surface area contributed by atoms with Gasteiger partial charge in [-0.2, -0.15) is 0 Å². The average Bonchev–Trinajstić information content (AvgIpc) is 2.68. The highest BCUT2D eigenvalue weighted by atomic mass is 19.2. The third-order valence-corrected chi connectivity index (χ3v) is 4.58. The summed E-state index contributed by atoms with van der Waals surface area (Å²) in [5.41, 5.74) is 2.30. The van der Waals surface area contributed by atoms with Gasteiger partial charge in [0.2, 0.25) is 5.91 Å². The van der Waals surface area contributed by atoms with Crippen LogP contribution < -0.4 is 10.2 Å². The second kappa shape index (κ2) is 8.16. The quantitative estimate of drug-likeness (QED) is 0.895. The molecule has 2 aromatic carbocycles. The van der Waals surface area contributed by atoms with E-state index in [-0.39, 0.29) is 18.0 Å². The number of benzene rings is 2. The highest BCUT2D eigenvalue weighted by Crippen LogP contribution is 2.17. The summed E-state index contributed by atoms with van der Waals surface area (Å²) in [4.78, 5) is 28.2. The summed E-state index contributed by atoms with van der Waals surface area (Å²) in [5.74, 6) is -2.93. The molecule has 3 rings (SSSR count). The zero-order valence-corrected chi connectivity index (χ0v) is 15.0. The highest BCUT2D eigenvalue weighted by molar-refractivity contribution is 5.96.